The van der Waals surface area contributed by atoms with Crippen molar-refractivity contribution in [2.45, 2.75) is 57.3 Å². The van der Waals surface area contributed by atoms with E-state index in [-0.39, 0.29) is 6.04 Å². The molecule has 1 aliphatic rings. The first-order valence-corrected chi connectivity index (χ1v) is 8.31. The number of benzene rings is 1. The average molecular weight is 312 g/mol. The molecular weight excluding hydrogens is 286 g/mol. The van der Waals surface area contributed by atoms with Gasteiger partial charge in [0.2, 0.25) is 0 Å². The minimum Gasteiger partial charge on any atom is -0.389 e. The lowest BCUT2D eigenvalue weighted by Crippen LogP contribution is -2.33. The maximum atomic E-state index is 10.0. The van der Waals surface area contributed by atoms with E-state index in [9.17, 15) is 5.11 Å². The summed E-state index contributed by atoms with van der Waals surface area (Å²) >= 11 is 5.88. The Morgan fingerprint density at radius 1 is 1.24 bits per heavy atom. The summed E-state index contributed by atoms with van der Waals surface area (Å²) in [5, 5.41) is 14.1. The smallest absolute Gasteiger partial charge is 0.0898 e. The lowest BCUT2D eigenvalue weighted by Gasteiger charge is -2.24. The molecule has 1 saturated carbocycles. The number of ether oxygens (including phenoxy) is 1. The van der Waals surface area contributed by atoms with Gasteiger partial charge in [0, 0.05) is 17.6 Å². The van der Waals surface area contributed by atoms with Crippen molar-refractivity contribution >= 4 is 11.6 Å². The summed E-state index contributed by atoms with van der Waals surface area (Å²) in [6.07, 6.45) is 6.01. The van der Waals surface area contributed by atoms with Gasteiger partial charge in [0.1, 0.15) is 0 Å². The van der Waals surface area contributed by atoms with Crippen molar-refractivity contribution in [3.05, 3.63) is 34.9 Å². The molecule has 118 valence electrons. The number of nitrogens with one attached hydrogen (secondary N) is 1. The number of rotatable bonds is 7. The van der Waals surface area contributed by atoms with Crippen LogP contribution in [0.25, 0.3) is 0 Å². The van der Waals surface area contributed by atoms with Gasteiger partial charge in [0.15, 0.2) is 0 Å². The lowest BCUT2D eigenvalue weighted by atomic mass is 9.98. The second-order valence-electron chi connectivity index (χ2n) is 5.93. The van der Waals surface area contributed by atoms with Crippen LogP contribution >= 0.6 is 11.6 Å². The number of aliphatic hydroxyl groups excluding tert-OH is 1. The summed E-state index contributed by atoms with van der Waals surface area (Å²) in [4.78, 5) is 0. The zero-order chi connectivity index (χ0) is 15.1. The van der Waals surface area contributed by atoms with Gasteiger partial charge in [-0.25, -0.2) is 0 Å². The van der Waals surface area contributed by atoms with Crippen LogP contribution in [0.2, 0.25) is 5.02 Å². The molecule has 1 unspecified atom stereocenters. The minimum absolute atomic E-state index is 0.187. The molecule has 1 fully saturated rings. The third-order valence-electron chi connectivity index (χ3n) is 4.11. The first-order valence-electron chi connectivity index (χ1n) is 7.93. The third kappa shape index (κ3) is 5.95. The van der Waals surface area contributed by atoms with Gasteiger partial charge in [-0.3, -0.25) is 0 Å². The zero-order valence-corrected chi connectivity index (χ0v) is 13.5. The van der Waals surface area contributed by atoms with E-state index >= 15 is 0 Å². The molecule has 0 aliphatic heterocycles. The van der Waals surface area contributed by atoms with Crippen molar-refractivity contribution in [2.24, 2.45) is 0 Å². The molecule has 2 atom stereocenters. The standard InChI is InChI=1S/C17H26ClNO2/c1-13(14-7-9-15(18)10-8-14)19-11-16(20)12-21-17-5-3-2-4-6-17/h7-10,13,16-17,19-20H,2-6,11-12H2,1H3/t13-,16?/m1/s1. The number of hydrogen-bond donors (Lipinski definition) is 2. The van der Waals surface area contributed by atoms with Crippen LogP contribution in [0.3, 0.4) is 0 Å². The van der Waals surface area contributed by atoms with Crippen molar-refractivity contribution in [1.82, 2.24) is 5.32 Å². The van der Waals surface area contributed by atoms with Crippen molar-refractivity contribution in [3.63, 3.8) is 0 Å². The molecule has 21 heavy (non-hydrogen) atoms. The van der Waals surface area contributed by atoms with Crippen LogP contribution in [-0.4, -0.2) is 30.5 Å². The maximum Gasteiger partial charge on any atom is 0.0898 e. The van der Waals surface area contributed by atoms with E-state index in [4.69, 9.17) is 16.3 Å². The molecule has 1 aromatic rings. The quantitative estimate of drug-likeness (QED) is 0.806. The van der Waals surface area contributed by atoms with E-state index in [2.05, 4.69) is 12.2 Å². The molecule has 2 N–H and O–H groups in total. The normalized spacial score (nSPS) is 19.4. The topological polar surface area (TPSA) is 41.5 Å². The molecule has 0 bridgehead atoms. The molecule has 0 aromatic heterocycles. The molecule has 0 saturated heterocycles. The van der Waals surface area contributed by atoms with E-state index in [1.54, 1.807) is 0 Å². The molecule has 0 radical (unpaired) electrons. The first-order chi connectivity index (χ1) is 10.1. The first kappa shape index (κ1) is 16.8. The van der Waals surface area contributed by atoms with Gasteiger partial charge < -0.3 is 15.2 Å². The van der Waals surface area contributed by atoms with E-state index in [0.717, 1.165) is 17.9 Å². The summed E-state index contributed by atoms with van der Waals surface area (Å²) in [5.74, 6) is 0. The summed E-state index contributed by atoms with van der Waals surface area (Å²) < 4.78 is 5.79. The van der Waals surface area contributed by atoms with E-state index < -0.39 is 6.10 Å². The lowest BCUT2D eigenvalue weighted by molar-refractivity contribution is -0.0235. The zero-order valence-electron chi connectivity index (χ0n) is 12.7. The van der Waals surface area contributed by atoms with Crippen LogP contribution in [0.15, 0.2) is 24.3 Å². The van der Waals surface area contributed by atoms with Gasteiger partial charge in [-0.05, 0) is 37.5 Å². The Morgan fingerprint density at radius 2 is 1.90 bits per heavy atom. The van der Waals surface area contributed by atoms with Crippen molar-refractivity contribution in [1.29, 1.82) is 0 Å². The molecule has 3 nitrogen and oxygen atoms in total. The summed E-state index contributed by atoms with van der Waals surface area (Å²) in [5.41, 5.74) is 1.17. The van der Waals surface area contributed by atoms with Crippen LogP contribution in [0, 0.1) is 0 Å². The predicted molar refractivity (Wildman–Crippen MR) is 86.7 cm³/mol. The average Bonchev–Trinajstić information content (AvgIpc) is 2.52. The van der Waals surface area contributed by atoms with E-state index in [0.29, 0.717) is 19.3 Å². The highest BCUT2D eigenvalue weighted by molar-refractivity contribution is 6.30. The molecule has 2 rings (SSSR count). The Balaban J connectivity index is 1.65. The fraction of sp³-hybridized carbons (Fsp3) is 0.647. The van der Waals surface area contributed by atoms with E-state index in [1.807, 2.05) is 24.3 Å². The van der Waals surface area contributed by atoms with Crippen LogP contribution < -0.4 is 5.32 Å². The maximum absolute atomic E-state index is 10.0. The second kappa shape index (κ2) is 8.74. The van der Waals surface area contributed by atoms with Gasteiger partial charge >= 0.3 is 0 Å². The van der Waals surface area contributed by atoms with Crippen molar-refractivity contribution in [2.75, 3.05) is 13.2 Å². The van der Waals surface area contributed by atoms with Gasteiger partial charge in [-0.2, -0.15) is 0 Å². The molecule has 0 spiro atoms. The summed E-state index contributed by atoms with van der Waals surface area (Å²) in [6.45, 7) is 3.04. The minimum atomic E-state index is -0.457. The Kier molecular flexibility index (Phi) is 6.97. The van der Waals surface area contributed by atoms with Crippen molar-refractivity contribution in [3.8, 4) is 0 Å². The Hall–Kier alpha value is -0.610. The fourth-order valence-electron chi connectivity index (χ4n) is 2.72. The highest BCUT2D eigenvalue weighted by Crippen LogP contribution is 2.20. The largest absolute Gasteiger partial charge is 0.389 e. The molecule has 1 aromatic carbocycles. The summed E-state index contributed by atoms with van der Waals surface area (Å²) in [7, 11) is 0. The van der Waals surface area contributed by atoms with Crippen LogP contribution in [-0.2, 0) is 4.74 Å². The highest BCUT2D eigenvalue weighted by Gasteiger charge is 2.16. The molecule has 0 heterocycles. The van der Waals surface area contributed by atoms with Gasteiger partial charge in [-0.15, -0.1) is 0 Å². The molecular formula is C17H26ClNO2. The second-order valence-corrected chi connectivity index (χ2v) is 6.37. The Labute approximate surface area is 132 Å². The predicted octanol–water partition coefficient (Wildman–Crippen LogP) is 3.70. The van der Waals surface area contributed by atoms with Gasteiger partial charge in [-0.1, -0.05) is 43.0 Å². The number of hydrogen-bond acceptors (Lipinski definition) is 3. The Morgan fingerprint density at radius 3 is 2.57 bits per heavy atom. The third-order valence-corrected chi connectivity index (χ3v) is 4.36. The molecule has 4 heteroatoms. The van der Waals surface area contributed by atoms with Crippen LogP contribution in [0.4, 0.5) is 0 Å². The number of halogens is 1. The molecule has 1 aliphatic carbocycles. The highest BCUT2D eigenvalue weighted by atomic mass is 35.5. The van der Waals surface area contributed by atoms with Gasteiger partial charge in [0.05, 0.1) is 18.8 Å². The van der Waals surface area contributed by atoms with Crippen molar-refractivity contribution < 1.29 is 9.84 Å². The van der Waals surface area contributed by atoms with Gasteiger partial charge in [0.25, 0.3) is 0 Å². The Bertz CT molecular complexity index is 404. The van der Waals surface area contributed by atoms with E-state index in [1.165, 1.54) is 24.8 Å². The molecule has 0 amide bonds. The SMILES string of the molecule is C[C@@H](NCC(O)COC1CCCCC1)c1ccc(Cl)cc1. The van der Waals surface area contributed by atoms with Crippen LogP contribution in [0.1, 0.15) is 50.6 Å². The fourth-order valence-corrected chi connectivity index (χ4v) is 2.85. The monoisotopic (exact) mass is 311 g/mol. The van der Waals surface area contributed by atoms with Crippen LogP contribution in [0.5, 0.6) is 0 Å². The number of aliphatic hydroxyl groups is 1. The summed E-state index contributed by atoms with van der Waals surface area (Å²) in [6, 6.07) is 7.97.